The highest BCUT2D eigenvalue weighted by atomic mass is 19.3. The van der Waals surface area contributed by atoms with Gasteiger partial charge < -0.3 is 5.32 Å². The molecule has 0 fully saturated rings. The molecular formula is C15H15F2N5O. The number of halogens is 2. The fourth-order valence-electron chi connectivity index (χ4n) is 2.51. The van der Waals surface area contributed by atoms with E-state index in [0.29, 0.717) is 5.69 Å². The number of carbonyl (C=O) groups excluding carboxylic acids is 1. The van der Waals surface area contributed by atoms with Gasteiger partial charge in [-0.3, -0.25) is 14.2 Å². The summed E-state index contributed by atoms with van der Waals surface area (Å²) in [6.07, 6.45) is -2.68. The Bertz CT molecular complexity index is 897. The van der Waals surface area contributed by atoms with Gasteiger partial charge >= 0.3 is 0 Å². The lowest BCUT2D eigenvalue weighted by Gasteiger charge is -2.04. The minimum Gasteiger partial charge on any atom is -0.321 e. The van der Waals surface area contributed by atoms with E-state index in [4.69, 9.17) is 0 Å². The molecule has 2 heterocycles. The number of alkyl halides is 2. The summed E-state index contributed by atoms with van der Waals surface area (Å²) in [5, 5.41) is 11.8. The van der Waals surface area contributed by atoms with Crippen molar-refractivity contribution in [2.45, 2.75) is 13.3 Å². The maximum absolute atomic E-state index is 12.8. The quantitative estimate of drug-likeness (QED) is 0.807. The first-order valence-corrected chi connectivity index (χ1v) is 6.93. The van der Waals surface area contributed by atoms with Crippen LogP contribution in [0.4, 0.5) is 14.5 Å². The number of amides is 1. The smallest absolute Gasteiger partial charge is 0.280 e. The summed E-state index contributed by atoms with van der Waals surface area (Å²) in [5.41, 5.74) is 1.97. The van der Waals surface area contributed by atoms with E-state index in [0.717, 1.165) is 27.3 Å². The fraction of sp³-hybridized carbons (Fsp3) is 0.267. The number of hydrogen-bond acceptors (Lipinski definition) is 3. The summed E-state index contributed by atoms with van der Waals surface area (Å²) in [6, 6.07) is 6.47. The van der Waals surface area contributed by atoms with Crippen molar-refractivity contribution in [3.63, 3.8) is 0 Å². The molecule has 0 bridgehead atoms. The lowest BCUT2D eigenvalue weighted by Crippen LogP contribution is -2.13. The Hall–Kier alpha value is -2.77. The van der Waals surface area contributed by atoms with Crippen LogP contribution in [0, 0.1) is 6.92 Å². The number of aromatic nitrogens is 4. The largest absolute Gasteiger partial charge is 0.321 e. The van der Waals surface area contributed by atoms with Crippen LogP contribution in [0.2, 0.25) is 0 Å². The van der Waals surface area contributed by atoms with Crippen molar-refractivity contribution >= 4 is 22.5 Å². The Labute approximate surface area is 130 Å². The summed E-state index contributed by atoms with van der Waals surface area (Å²) in [7, 11) is 3.19. The Kier molecular flexibility index (Phi) is 3.59. The van der Waals surface area contributed by atoms with Gasteiger partial charge in [0.05, 0.1) is 11.2 Å². The zero-order valence-corrected chi connectivity index (χ0v) is 12.8. The van der Waals surface area contributed by atoms with Crippen LogP contribution in [0.25, 0.3) is 10.9 Å². The van der Waals surface area contributed by atoms with E-state index in [2.05, 4.69) is 15.5 Å². The second-order valence-electron chi connectivity index (χ2n) is 5.27. The molecule has 0 aliphatic rings. The van der Waals surface area contributed by atoms with Crippen LogP contribution < -0.4 is 5.32 Å². The molecular weight excluding hydrogens is 304 g/mol. The molecule has 0 unspecified atom stereocenters. The number of aryl methyl sites for hydroxylation is 3. The minimum atomic E-state index is -2.68. The summed E-state index contributed by atoms with van der Waals surface area (Å²) in [5.74, 6) is -0.536. The first kappa shape index (κ1) is 15.1. The van der Waals surface area contributed by atoms with E-state index >= 15 is 0 Å². The highest BCUT2D eigenvalue weighted by Crippen LogP contribution is 2.23. The highest BCUT2D eigenvalue weighted by molar-refractivity contribution is 6.04. The van der Waals surface area contributed by atoms with E-state index in [1.165, 1.54) is 7.05 Å². The number of rotatable bonds is 3. The van der Waals surface area contributed by atoms with Crippen molar-refractivity contribution in [2.75, 3.05) is 5.32 Å². The summed E-state index contributed by atoms with van der Waals surface area (Å²) < 4.78 is 28.2. The maximum atomic E-state index is 12.8. The van der Waals surface area contributed by atoms with Gasteiger partial charge in [-0.15, -0.1) is 0 Å². The number of carbonyl (C=O) groups is 1. The molecule has 0 radical (unpaired) electrons. The van der Waals surface area contributed by atoms with Crippen molar-refractivity contribution < 1.29 is 13.6 Å². The standard InChI is InChI=1S/C15H15F2N5O/c1-8-10-5-4-9(6-12(10)21(2)19-8)18-15(23)11-7-13(14(16)17)22(3)20-11/h4-7,14H,1-3H3,(H,18,23). The molecule has 8 heteroatoms. The molecule has 120 valence electrons. The fourth-order valence-corrected chi connectivity index (χ4v) is 2.51. The van der Waals surface area contributed by atoms with Gasteiger partial charge in [0.2, 0.25) is 0 Å². The van der Waals surface area contributed by atoms with Crippen LogP contribution in [0.1, 0.15) is 28.3 Å². The van der Waals surface area contributed by atoms with Crippen LogP contribution in [0.15, 0.2) is 24.3 Å². The van der Waals surface area contributed by atoms with Gasteiger partial charge in [-0.25, -0.2) is 8.78 Å². The second kappa shape index (κ2) is 5.45. The van der Waals surface area contributed by atoms with Gasteiger partial charge in [0, 0.05) is 25.2 Å². The normalized spacial score (nSPS) is 11.4. The van der Waals surface area contributed by atoms with E-state index < -0.39 is 12.3 Å². The molecule has 1 aromatic carbocycles. The van der Waals surface area contributed by atoms with Crippen molar-refractivity contribution in [1.82, 2.24) is 19.6 Å². The SMILES string of the molecule is Cc1nn(C)c2cc(NC(=O)c3cc(C(F)F)n(C)n3)ccc12. The molecule has 0 saturated heterocycles. The van der Waals surface area contributed by atoms with Gasteiger partial charge in [-0.2, -0.15) is 10.2 Å². The van der Waals surface area contributed by atoms with Crippen molar-refractivity contribution in [2.24, 2.45) is 14.1 Å². The first-order valence-electron chi connectivity index (χ1n) is 6.93. The second-order valence-corrected chi connectivity index (χ2v) is 5.27. The third-order valence-electron chi connectivity index (χ3n) is 3.67. The molecule has 2 aromatic heterocycles. The monoisotopic (exact) mass is 319 g/mol. The Morgan fingerprint density at radius 1 is 1.17 bits per heavy atom. The van der Waals surface area contributed by atoms with Gasteiger partial charge in [0.25, 0.3) is 12.3 Å². The van der Waals surface area contributed by atoms with Crippen molar-refractivity contribution in [1.29, 1.82) is 0 Å². The number of nitrogens with zero attached hydrogens (tertiary/aromatic N) is 4. The zero-order valence-electron chi connectivity index (χ0n) is 12.8. The summed E-state index contributed by atoms with van der Waals surface area (Å²) in [4.78, 5) is 12.2. The number of nitrogens with one attached hydrogen (secondary N) is 1. The zero-order chi connectivity index (χ0) is 16.7. The topological polar surface area (TPSA) is 64.7 Å². The van der Waals surface area contributed by atoms with Crippen LogP contribution in [-0.4, -0.2) is 25.5 Å². The molecule has 3 rings (SSSR count). The van der Waals surface area contributed by atoms with Crippen LogP contribution in [0.3, 0.4) is 0 Å². The Balaban J connectivity index is 1.88. The molecule has 0 saturated carbocycles. The Morgan fingerprint density at radius 2 is 1.91 bits per heavy atom. The minimum absolute atomic E-state index is 0.0518. The number of benzene rings is 1. The molecule has 1 N–H and O–H groups in total. The number of anilines is 1. The van der Waals surface area contributed by atoms with Crippen LogP contribution >= 0.6 is 0 Å². The van der Waals surface area contributed by atoms with Crippen LogP contribution in [-0.2, 0) is 14.1 Å². The molecule has 23 heavy (non-hydrogen) atoms. The van der Waals surface area contributed by atoms with E-state index in [9.17, 15) is 13.6 Å². The van der Waals surface area contributed by atoms with E-state index in [-0.39, 0.29) is 11.4 Å². The number of fused-ring (bicyclic) bond motifs is 1. The molecule has 0 spiro atoms. The first-order chi connectivity index (χ1) is 10.9. The van der Waals surface area contributed by atoms with Crippen LogP contribution in [0.5, 0.6) is 0 Å². The van der Waals surface area contributed by atoms with Crippen molar-refractivity contribution in [3.8, 4) is 0 Å². The third kappa shape index (κ3) is 2.67. The van der Waals surface area contributed by atoms with E-state index in [1.54, 1.807) is 16.8 Å². The lowest BCUT2D eigenvalue weighted by molar-refractivity contribution is 0.102. The van der Waals surface area contributed by atoms with Gasteiger partial charge in [0.15, 0.2) is 5.69 Å². The number of hydrogen-bond donors (Lipinski definition) is 1. The average molecular weight is 319 g/mol. The summed E-state index contributed by atoms with van der Waals surface area (Å²) >= 11 is 0. The predicted octanol–water partition coefficient (Wildman–Crippen LogP) is 2.81. The molecule has 0 atom stereocenters. The summed E-state index contributed by atoms with van der Waals surface area (Å²) in [6.45, 7) is 1.90. The third-order valence-corrected chi connectivity index (χ3v) is 3.67. The van der Waals surface area contributed by atoms with Gasteiger partial charge in [-0.05, 0) is 31.2 Å². The van der Waals surface area contributed by atoms with Crippen molar-refractivity contribution in [3.05, 3.63) is 41.3 Å². The van der Waals surface area contributed by atoms with Gasteiger partial charge in [0.1, 0.15) is 5.69 Å². The lowest BCUT2D eigenvalue weighted by atomic mass is 10.2. The average Bonchev–Trinajstić information content (AvgIpc) is 3.00. The van der Waals surface area contributed by atoms with Gasteiger partial charge in [-0.1, -0.05) is 0 Å². The predicted molar refractivity (Wildman–Crippen MR) is 81.6 cm³/mol. The molecule has 6 nitrogen and oxygen atoms in total. The Morgan fingerprint density at radius 3 is 2.57 bits per heavy atom. The molecule has 1 amide bonds. The molecule has 3 aromatic rings. The maximum Gasteiger partial charge on any atom is 0.280 e. The molecule has 0 aliphatic carbocycles. The molecule has 0 aliphatic heterocycles. The highest BCUT2D eigenvalue weighted by Gasteiger charge is 2.18. The van der Waals surface area contributed by atoms with E-state index in [1.807, 2.05) is 20.0 Å².